The molecule has 0 unspecified atom stereocenters. The molecule has 0 bridgehead atoms. The zero-order valence-corrected chi connectivity index (χ0v) is 19.5. The van der Waals surface area contributed by atoms with Crippen LogP contribution >= 0.6 is 11.6 Å². The van der Waals surface area contributed by atoms with Gasteiger partial charge in [0, 0.05) is 28.7 Å². The van der Waals surface area contributed by atoms with E-state index in [1.54, 1.807) is 24.3 Å². The van der Waals surface area contributed by atoms with Crippen molar-refractivity contribution in [2.24, 2.45) is 11.8 Å². The number of nitrogens with one attached hydrogen (secondary N) is 2. The molecule has 0 saturated carbocycles. The van der Waals surface area contributed by atoms with E-state index in [4.69, 9.17) is 11.6 Å². The highest BCUT2D eigenvalue weighted by atomic mass is 35.5. The van der Waals surface area contributed by atoms with E-state index in [1.807, 2.05) is 26.0 Å². The number of aryl methyl sites for hydroxylation is 1. The minimum atomic E-state index is -1.44. The van der Waals surface area contributed by atoms with Gasteiger partial charge in [-0.05, 0) is 43.0 Å². The second kappa shape index (κ2) is 7.92. The SMILES string of the molecule is Cc1ccc2c(c1C)NC(=O)[C@@]21N[C@@H](CCC(=O)O)[C@H]2C(=O)N(Cc3ccccc3Cl)C(=O)[C@@H]21. The fourth-order valence-corrected chi connectivity index (χ4v) is 5.85. The molecule has 0 aliphatic carbocycles. The molecular formula is C25H24ClN3O5. The van der Waals surface area contributed by atoms with Gasteiger partial charge in [-0.15, -0.1) is 0 Å². The molecule has 176 valence electrons. The second-order valence-corrected chi connectivity index (χ2v) is 9.64. The van der Waals surface area contributed by atoms with E-state index < -0.39 is 47.1 Å². The number of carboxylic acid groups (broad SMARTS) is 1. The number of hydrogen-bond acceptors (Lipinski definition) is 5. The van der Waals surface area contributed by atoms with Gasteiger partial charge >= 0.3 is 5.97 Å². The summed E-state index contributed by atoms with van der Waals surface area (Å²) in [7, 11) is 0. The molecule has 2 aromatic rings. The largest absolute Gasteiger partial charge is 0.481 e. The van der Waals surface area contributed by atoms with Crippen LogP contribution in [0, 0.1) is 25.7 Å². The van der Waals surface area contributed by atoms with E-state index >= 15 is 0 Å². The van der Waals surface area contributed by atoms with E-state index in [2.05, 4.69) is 10.6 Å². The highest BCUT2D eigenvalue weighted by Gasteiger charge is 2.70. The average Bonchev–Trinajstić information content (AvgIpc) is 3.37. The van der Waals surface area contributed by atoms with Gasteiger partial charge in [0.1, 0.15) is 5.54 Å². The van der Waals surface area contributed by atoms with Crippen LogP contribution in [0.2, 0.25) is 5.02 Å². The minimum Gasteiger partial charge on any atom is -0.481 e. The zero-order chi connectivity index (χ0) is 24.4. The smallest absolute Gasteiger partial charge is 0.303 e. The third-order valence-electron chi connectivity index (χ3n) is 7.47. The summed E-state index contributed by atoms with van der Waals surface area (Å²) in [5.74, 6) is -4.12. The Hall–Kier alpha value is -3.23. The molecule has 3 N–H and O–H groups in total. The molecule has 3 aliphatic heterocycles. The van der Waals surface area contributed by atoms with E-state index in [0.717, 1.165) is 11.1 Å². The predicted octanol–water partition coefficient (Wildman–Crippen LogP) is 2.74. The van der Waals surface area contributed by atoms with Crippen LogP contribution in [0.3, 0.4) is 0 Å². The van der Waals surface area contributed by atoms with Crippen molar-refractivity contribution in [2.75, 3.05) is 5.32 Å². The van der Waals surface area contributed by atoms with Crippen LogP contribution in [0.1, 0.15) is 35.1 Å². The van der Waals surface area contributed by atoms with Crippen molar-refractivity contribution in [3.63, 3.8) is 0 Å². The lowest BCUT2D eigenvalue weighted by atomic mass is 9.76. The summed E-state index contributed by atoms with van der Waals surface area (Å²) in [6.45, 7) is 3.82. The number of carboxylic acids is 1. The number of amides is 3. The van der Waals surface area contributed by atoms with Gasteiger partial charge < -0.3 is 10.4 Å². The van der Waals surface area contributed by atoms with Crippen LogP contribution in [0.15, 0.2) is 36.4 Å². The average molecular weight is 482 g/mol. The molecule has 0 aromatic heterocycles. The van der Waals surface area contributed by atoms with Gasteiger partial charge in [-0.1, -0.05) is 41.9 Å². The molecular weight excluding hydrogens is 458 g/mol. The number of carbonyl (C=O) groups is 4. The predicted molar refractivity (Wildman–Crippen MR) is 124 cm³/mol. The Morgan fingerprint density at radius 1 is 1.12 bits per heavy atom. The molecule has 9 heteroatoms. The summed E-state index contributed by atoms with van der Waals surface area (Å²) in [4.78, 5) is 53.4. The number of imide groups is 1. The van der Waals surface area contributed by atoms with E-state index in [0.29, 0.717) is 21.8 Å². The van der Waals surface area contributed by atoms with Crippen molar-refractivity contribution >= 4 is 41.0 Å². The van der Waals surface area contributed by atoms with Crippen LogP contribution in [0.5, 0.6) is 0 Å². The molecule has 8 nitrogen and oxygen atoms in total. The van der Waals surface area contributed by atoms with Gasteiger partial charge in [0.2, 0.25) is 17.7 Å². The minimum absolute atomic E-state index is 0.00648. The number of carbonyl (C=O) groups excluding carboxylic acids is 3. The Morgan fingerprint density at radius 2 is 1.85 bits per heavy atom. The monoisotopic (exact) mass is 481 g/mol. The number of anilines is 1. The molecule has 1 spiro atoms. The van der Waals surface area contributed by atoms with Crippen LogP contribution < -0.4 is 10.6 Å². The number of halogens is 1. The summed E-state index contributed by atoms with van der Waals surface area (Å²) in [5, 5.41) is 15.9. The van der Waals surface area contributed by atoms with Gasteiger partial charge in [0.25, 0.3) is 0 Å². The number of rotatable bonds is 5. The molecule has 2 saturated heterocycles. The summed E-state index contributed by atoms with van der Waals surface area (Å²) < 4.78 is 0. The standard InChI is InChI=1S/C25H24ClN3O5/c1-12-7-8-15-21(13(12)2)27-24(34)25(15)20-19(17(28-25)9-10-18(30)31)22(32)29(23(20)33)11-14-5-3-4-6-16(14)26/h3-8,17,19-20,28H,9-11H2,1-2H3,(H,27,34)(H,30,31)/t17-,19+,20+,25+/m0/s1. The molecule has 2 fully saturated rings. The van der Waals surface area contributed by atoms with Crippen LogP contribution in [0.4, 0.5) is 5.69 Å². The maximum atomic E-state index is 13.8. The first kappa shape index (κ1) is 22.6. The summed E-state index contributed by atoms with van der Waals surface area (Å²) in [5.41, 5.74) is 2.32. The highest BCUT2D eigenvalue weighted by Crippen LogP contribution is 2.54. The number of likely N-dealkylation sites (tertiary alicyclic amines) is 1. The van der Waals surface area contributed by atoms with Gasteiger partial charge in [0.15, 0.2) is 0 Å². The number of nitrogens with zero attached hydrogens (tertiary/aromatic N) is 1. The topological polar surface area (TPSA) is 116 Å². The zero-order valence-electron chi connectivity index (χ0n) is 18.7. The lowest BCUT2D eigenvalue weighted by Crippen LogP contribution is -2.53. The van der Waals surface area contributed by atoms with Gasteiger partial charge in [0.05, 0.1) is 18.4 Å². The van der Waals surface area contributed by atoms with E-state index in [-0.39, 0.29) is 19.4 Å². The van der Waals surface area contributed by atoms with Gasteiger partial charge in [-0.25, -0.2) is 0 Å². The number of benzene rings is 2. The van der Waals surface area contributed by atoms with E-state index in [1.165, 1.54) is 4.90 Å². The molecule has 2 aromatic carbocycles. The first-order valence-corrected chi connectivity index (χ1v) is 11.5. The Morgan fingerprint density at radius 3 is 2.56 bits per heavy atom. The van der Waals surface area contributed by atoms with Crippen molar-refractivity contribution < 1.29 is 24.3 Å². The van der Waals surface area contributed by atoms with Gasteiger partial charge in [-0.2, -0.15) is 0 Å². The summed E-state index contributed by atoms with van der Waals surface area (Å²) in [6.07, 6.45) is -0.0744. The fourth-order valence-electron chi connectivity index (χ4n) is 5.66. The van der Waals surface area contributed by atoms with Crippen LogP contribution in [-0.2, 0) is 31.3 Å². The van der Waals surface area contributed by atoms with Crippen molar-refractivity contribution in [1.29, 1.82) is 0 Å². The molecule has 34 heavy (non-hydrogen) atoms. The van der Waals surface area contributed by atoms with Crippen molar-refractivity contribution in [3.8, 4) is 0 Å². The highest BCUT2D eigenvalue weighted by molar-refractivity contribution is 6.31. The molecule has 3 aliphatic rings. The van der Waals surface area contributed by atoms with Crippen molar-refractivity contribution in [3.05, 3.63) is 63.7 Å². The summed E-state index contributed by atoms with van der Waals surface area (Å²) >= 11 is 6.28. The maximum Gasteiger partial charge on any atom is 0.303 e. The van der Waals surface area contributed by atoms with E-state index in [9.17, 15) is 24.3 Å². The number of hydrogen-bond donors (Lipinski definition) is 3. The molecule has 3 heterocycles. The third kappa shape index (κ3) is 3.09. The maximum absolute atomic E-state index is 13.8. The molecule has 0 radical (unpaired) electrons. The Labute approximate surface area is 201 Å². The quantitative estimate of drug-likeness (QED) is 0.565. The fraction of sp³-hybridized carbons (Fsp3) is 0.360. The lowest BCUT2D eigenvalue weighted by molar-refractivity contribution is -0.144. The lowest BCUT2D eigenvalue weighted by Gasteiger charge is -2.29. The number of aliphatic carboxylic acids is 1. The third-order valence-corrected chi connectivity index (χ3v) is 7.84. The Balaban J connectivity index is 1.61. The molecule has 4 atom stereocenters. The first-order valence-electron chi connectivity index (χ1n) is 11.2. The first-order chi connectivity index (χ1) is 16.2. The molecule has 3 amide bonds. The normalized spacial score (nSPS) is 27.3. The number of fused-ring (bicyclic) bond motifs is 4. The molecule has 5 rings (SSSR count). The second-order valence-electron chi connectivity index (χ2n) is 9.23. The van der Waals surface area contributed by atoms with Crippen LogP contribution in [0.25, 0.3) is 0 Å². The van der Waals surface area contributed by atoms with Gasteiger partial charge in [-0.3, -0.25) is 29.4 Å². The van der Waals surface area contributed by atoms with Crippen molar-refractivity contribution in [2.45, 2.75) is 44.8 Å². The van der Waals surface area contributed by atoms with Crippen LogP contribution in [-0.4, -0.2) is 39.7 Å². The van der Waals surface area contributed by atoms with Crippen molar-refractivity contribution in [1.82, 2.24) is 10.2 Å². The Bertz CT molecular complexity index is 1260. The Kier molecular flexibility index (Phi) is 5.26. The summed E-state index contributed by atoms with van der Waals surface area (Å²) in [6, 6.07) is 10.0.